The molecule has 0 saturated carbocycles. The van der Waals surface area contributed by atoms with Gasteiger partial charge in [0, 0.05) is 23.6 Å². The van der Waals surface area contributed by atoms with Gasteiger partial charge in [0.1, 0.15) is 5.60 Å². The quantitative estimate of drug-likeness (QED) is 0.257. The molecule has 0 saturated heterocycles. The summed E-state index contributed by atoms with van der Waals surface area (Å²) in [7, 11) is -2.32. The molecule has 0 aliphatic carbocycles. The molecule has 0 aromatic heterocycles. The van der Waals surface area contributed by atoms with E-state index >= 15 is 0 Å². The van der Waals surface area contributed by atoms with E-state index in [1.807, 2.05) is 6.07 Å². The average molecular weight is 630 g/mol. The minimum atomic E-state index is -3.87. The zero-order chi connectivity index (χ0) is 29.5. The SMILES string of the molecule is CCc1cc(Br)ccc1CCCC(=O)Nc1ccc(S(=O)(=O)c2ccccc2)c(CN(C)C(=O)OC(C)(C)C)c1. The molecular formula is C31H37BrN2O5S. The topological polar surface area (TPSA) is 92.8 Å². The number of amides is 2. The van der Waals surface area contributed by atoms with Crippen LogP contribution < -0.4 is 5.32 Å². The van der Waals surface area contributed by atoms with Gasteiger partial charge in [-0.2, -0.15) is 0 Å². The highest BCUT2D eigenvalue weighted by atomic mass is 79.9. The van der Waals surface area contributed by atoms with Crippen LogP contribution in [0, 0.1) is 0 Å². The molecule has 1 N–H and O–H groups in total. The summed E-state index contributed by atoms with van der Waals surface area (Å²) < 4.78 is 33.5. The molecule has 3 aromatic carbocycles. The molecule has 3 aromatic rings. The third kappa shape index (κ3) is 8.66. The first-order valence-corrected chi connectivity index (χ1v) is 15.5. The van der Waals surface area contributed by atoms with Gasteiger partial charge in [0.2, 0.25) is 15.7 Å². The van der Waals surface area contributed by atoms with Gasteiger partial charge in [0.25, 0.3) is 0 Å². The van der Waals surface area contributed by atoms with Gasteiger partial charge >= 0.3 is 6.09 Å². The Balaban J connectivity index is 1.80. The highest BCUT2D eigenvalue weighted by molar-refractivity contribution is 9.10. The molecule has 0 fully saturated rings. The van der Waals surface area contributed by atoms with Crippen LogP contribution in [-0.2, 0) is 38.8 Å². The number of hydrogen-bond acceptors (Lipinski definition) is 5. The summed E-state index contributed by atoms with van der Waals surface area (Å²) in [4.78, 5) is 27.0. The predicted molar refractivity (Wildman–Crippen MR) is 161 cm³/mol. The van der Waals surface area contributed by atoms with E-state index in [1.54, 1.807) is 58.2 Å². The summed E-state index contributed by atoms with van der Waals surface area (Å²) in [6.45, 7) is 7.38. The van der Waals surface area contributed by atoms with Gasteiger partial charge in [-0.25, -0.2) is 13.2 Å². The average Bonchev–Trinajstić information content (AvgIpc) is 2.89. The molecule has 0 radical (unpaired) electrons. The summed E-state index contributed by atoms with van der Waals surface area (Å²) in [5, 5.41) is 2.89. The van der Waals surface area contributed by atoms with Crippen molar-refractivity contribution < 1.29 is 22.7 Å². The number of aryl methyl sites for hydroxylation is 2. The van der Waals surface area contributed by atoms with Crippen molar-refractivity contribution in [3.63, 3.8) is 0 Å². The van der Waals surface area contributed by atoms with E-state index in [2.05, 4.69) is 40.3 Å². The van der Waals surface area contributed by atoms with Gasteiger partial charge in [-0.05, 0) is 99.2 Å². The lowest BCUT2D eigenvalue weighted by atomic mass is 10.00. The molecule has 214 valence electrons. The molecular weight excluding hydrogens is 592 g/mol. The van der Waals surface area contributed by atoms with Gasteiger partial charge in [0.05, 0.1) is 16.3 Å². The molecule has 9 heteroatoms. The van der Waals surface area contributed by atoms with Crippen LogP contribution in [0.15, 0.2) is 81.0 Å². The molecule has 0 aliphatic rings. The lowest BCUT2D eigenvalue weighted by Crippen LogP contribution is -2.34. The smallest absolute Gasteiger partial charge is 0.410 e. The Morgan fingerprint density at radius 1 is 0.950 bits per heavy atom. The standard InChI is InChI=1S/C31H37BrN2O5S/c1-6-22-19-25(32)16-15-23(22)11-10-14-29(35)33-26-17-18-28(40(37,38)27-12-8-7-9-13-27)24(20-26)21-34(5)30(36)39-31(2,3)4/h7-9,12-13,15-20H,6,10-11,14,21H2,1-5H3,(H,33,35). The third-order valence-electron chi connectivity index (χ3n) is 6.20. The van der Waals surface area contributed by atoms with Gasteiger partial charge in [-0.15, -0.1) is 0 Å². The maximum Gasteiger partial charge on any atom is 0.410 e. The van der Waals surface area contributed by atoms with Crippen molar-refractivity contribution in [3.05, 3.63) is 87.9 Å². The molecule has 0 unspecified atom stereocenters. The number of ether oxygens (including phenoxy) is 1. The fourth-order valence-corrected chi connectivity index (χ4v) is 6.15. The van der Waals surface area contributed by atoms with Crippen molar-refractivity contribution in [2.75, 3.05) is 12.4 Å². The number of rotatable bonds is 10. The number of sulfone groups is 1. The molecule has 0 spiro atoms. The predicted octanol–water partition coefficient (Wildman–Crippen LogP) is 7.17. The highest BCUT2D eigenvalue weighted by Crippen LogP contribution is 2.28. The van der Waals surface area contributed by atoms with Gasteiger partial charge in [0.15, 0.2) is 0 Å². The summed E-state index contributed by atoms with van der Waals surface area (Å²) in [5.41, 5.74) is 2.61. The molecule has 2 amide bonds. The fraction of sp³-hybridized carbons (Fsp3) is 0.355. The molecule has 3 rings (SSSR count). The Labute approximate surface area is 246 Å². The Morgan fingerprint density at radius 2 is 1.65 bits per heavy atom. The lowest BCUT2D eigenvalue weighted by Gasteiger charge is -2.25. The fourth-order valence-electron chi connectivity index (χ4n) is 4.26. The molecule has 7 nitrogen and oxygen atoms in total. The van der Waals surface area contributed by atoms with E-state index in [4.69, 9.17) is 4.74 Å². The number of nitrogens with one attached hydrogen (secondary N) is 1. The zero-order valence-corrected chi connectivity index (χ0v) is 26.1. The van der Waals surface area contributed by atoms with Crippen molar-refractivity contribution >= 4 is 43.5 Å². The van der Waals surface area contributed by atoms with Crippen molar-refractivity contribution in [2.45, 2.75) is 75.3 Å². The second-order valence-electron chi connectivity index (χ2n) is 10.6. The van der Waals surface area contributed by atoms with Crippen LogP contribution in [-0.4, -0.2) is 38.0 Å². The minimum Gasteiger partial charge on any atom is -0.444 e. The van der Waals surface area contributed by atoms with E-state index in [0.717, 1.165) is 17.3 Å². The first-order valence-electron chi connectivity index (χ1n) is 13.2. The number of nitrogens with zero attached hydrogens (tertiary/aromatic N) is 1. The van der Waals surface area contributed by atoms with Crippen LogP contribution in [0.4, 0.5) is 10.5 Å². The number of carbonyl (C=O) groups excluding carboxylic acids is 2. The number of hydrogen-bond donors (Lipinski definition) is 1. The molecule has 0 heterocycles. The van der Waals surface area contributed by atoms with Gasteiger partial charge in [-0.1, -0.05) is 47.1 Å². The van der Waals surface area contributed by atoms with E-state index in [9.17, 15) is 18.0 Å². The first-order chi connectivity index (χ1) is 18.8. The minimum absolute atomic E-state index is 0.0244. The third-order valence-corrected chi connectivity index (χ3v) is 8.56. The van der Waals surface area contributed by atoms with Crippen LogP contribution in [0.25, 0.3) is 0 Å². The first kappa shape index (κ1) is 31.4. The normalized spacial score (nSPS) is 11.7. The number of halogens is 1. The molecule has 0 bridgehead atoms. The number of benzene rings is 3. The Bertz CT molecular complexity index is 1450. The molecule has 0 atom stereocenters. The largest absolute Gasteiger partial charge is 0.444 e. The summed E-state index contributed by atoms with van der Waals surface area (Å²) in [6, 6.07) is 19.0. The Morgan fingerprint density at radius 3 is 2.30 bits per heavy atom. The summed E-state index contributed by atoms with van der Waals surface area (Å²) in [6.07, 6.45) is 2.11. The monoisotopic (exact) mass is 628 g/mol. The van der Waals surface area contributed by atoms with Crippen molar-refractivity contribution in [1.82, 2.24) is 4.90 Å². The lowest BCUT2D eigenvalue weighted by molar-refractivity contribution is -0.116. The Kier molecular flexibility index (Phi) is 10.6. The molecule has 40 heavy (non-hydrogen) atoms. The van der Waals surface area contributed by atoms with E-state index in [-0.39, 0.29) is 22.2 Å². The number of anilines is 1. The maximum absolute atomic E-state index is 13.5. The van der Waals surface area contributed by atoms with Crippen LogP contribution in [0.3, 0.4) is 0 Å². The summed E-state index contributed by atoms with van der Waals surface area (Å²) >= 11 is 3.51. The van der Waals surface area contributed by atoms with E-state index in [1.165, 1.54) is 34.2 Å². The van der Waals surface area contributed by atoms with Crippen molar-refractivity contribution in [2.24, 2.45) is 0 Å². The van der Waals surface area contributed by atoms with Crippen molar-refractivity contribution in [1.29, 1.82) is 0 Å². The second-order valence-corrected chi connectivity index (χ2v) is 13.5. The van der Waals surface area contributed by atoms with Gasteiger partial charge < -0.3 is 15.0 Å². The Hall–Kier alpha value is -3.17. The number of carbonyl (C=O) groups is 2. The van der Waals surface area contributed by atoms with Gasteiger partial charge in [-0.3, -0.25) is 4.79 Å². The van der Waals surface area contributed by atoms with Crippen molar-refractivity contribution in [3.8, 4) is 0 Å². The van der Waals surface area contributed by atoms with E-state index in [0.29, 0.717) is 24.1 Å². The van der Waals surface area contributed by atoms with Crippen LogP contribution in [0.5, 0.6) is 0 Å². The van der Waals surface area contributed by atoms with Crippen LogP contribution >= 0.6 is 15.9 Å². The maximum atomic E-state index is 13.5. The highest BCUT2D eigenvalue weighted by Gasteiger charge is 2.25. The molecule has 0 aliphatic heterocycles. The van der Waals surface area contributed by atoms with Crippen LogP contribution in [0.1, 0.15) is 57.2 Å². The summed E-state index contributed by atoms with van der Waals surface area (Å²) in [5.74, 6) is -0.166. The zero-order valence-electron chi connectivity index (χ0n) is 23.7. The second kappa shape index (κ2) is 13.5. The van der Waals surface area contributed by atoms with Crippen LogP contribution in [0.2, 0.25) is 0 Å². The van der Waals surface area contributed by atoms with E-state index < -0.39 is 21.5 Å².